The first-order valence-corrected chi connectivity index (χ1v) is 4.80. The lowest BCUT2D eigenvalue weighted by Gasteiger charge is -2.23. The number of rotatable bonds is 3. The number of hydrogen-bond acceptors (Lipinski definition) is 2. The molecule has 0 aliphatic carbocycles. The summed E-state index contributed by atoms with van der Waals surface area (Å²) in [5.41, 5.74) is -0.349. The molecule has 1 aliphatic heterocycles. The molecule has 70 valence electrons. The average molecular weight is 191 g/mol. The molecule has 1 fully saturated rings. The van der Waals surface area contributed by atoms with Gasteiger partial charge in [0.05, 0.1) is 0 Å². The predicted molar refractivity (Wildman–Crippen MR) is 49.1 cm³/mol. The third kappa shape index (κ3) is 3.57. The van der Waals surface area contributed by atoms with Crippen molar-refractivity contribution in [2.75, 3.05) is 6.61 Å². The maximum absolute atomic E-state index is 5.83. The van der Waals surface area contributed by atoms with Crippen molar-refractivity contribution in [1.82, 2.24) is 0 Å². The molecule has 0 radical (unpaired) electrons. The molecule has 0 amide bonds. The van der Waals surface area contributed by atoms with Gasteiger partial charge in [0.25, 0.3) is 0 Å². The van der Waals surface area contributed by atoms with Crippen LogP contribution in [0.3, 0.4) is 0 Å². The van der Waals surface area contributed by atoms with E-state index in [1.54, 1.807) is 6.08 Å². The van der Waals surface area contributed by atoms with Gasteiger partial charge < -0.3 is 9.47 Å². The molecule has 2 unspecified atom stereocenters. The van der Waals surface area contributed by atoms with Crippen LogP contribution in [-0.2, 0) is 9.47 Å². The van der Waals surface area contributed by atoms with E-state index in [1.165, 1.54) is 6.42 Å². The van der Waals surface area contributed by atoms with Crippen LogP contribution in [0.15, 0.2) is 12.2 Å². The molecule has 0 bridgehead atoms. The van der Waals surface area contributed by atoms with Gasteiger partial charge in [-0.2, -0.15) is 0 Å². The molecule has 0 aromatic carbocycles. The minimum absolute atomic E-state index is 0.0996. The lowest BCUT2D eigenvalue weighted by molar-refractivity contribution is -0.163. The topological polar surface area (TPSA) is 18.5 Å². The third-order valence-corrected chi connectivity index (χ3v) is 2.01. The summed E-state index contributed by atoms with van der Waals surface area (Å²) in [7, 11) is 0. The van der Waals surface area contributed by atoms with E-state index >= 15 is 0 Å². The third-order valence-electron chi connectivity index (χ3n) is 1.76. The van der Waals surface area contributed by atoms with Crippen LogP contribution >= 0.6 is 11.6 Å². The molecule has 3 heteroatoms. The lowest BCUT2D eigenvalue weighted by atomic mass is 10.2. The SMILES string of the molecule is C/C=C\C(Cl)OC1CCCCO1. The van der Waals surface area contributed by atoms with Crippen LogP contribution in [0.1, 0.15) is 26.2 Å². The van der Waals surface area contributed by atoms with Crippen molar-refractivity contribution in [3.8, 4) is 0 Å². The van der Waals surface area contributed by atoms with Crippen LogP contribution in [-0.4, -0.2) is 18.5 Å². The minimum Gasteiger partial charge on any atom is -0.353 e. The molecule has 0 aromatic heterocycles. The second-order valence-electron chi connectivity index (χ2n) is 2.81. The van der Waals surface area contributed by atoms with Gasteiger partial charge in [-0.1, -0.05) is 17.7 Å². The highest BCUT2D eigenvalue weighted by Crippen LogP contribution is 2.16. The van der Waals surface area contributed by atoms with Gasteiger partial charge in [0.1, 0.15) is 0 Å². The Labute approximate surface area is 78.5 Å². The van der Waals surface area contributed by atoms with E-state index in [2.05, 4.69) is 0 Å². The fraction of sp³-hybridized carbons (Fsp3) is 0.778. The van der Waals surface area contributed by atoms with E-state index in [4.69, 9.17) is 21.1 Å². The summed E-state index contributed by atoms with van der Waals surface area (Å²) in [6.07, 6.45) is 6.85. The summed E-state index contributed by atoms with van der Waals surface area (Å²) in [4.78, 5) is 0. The van der Waals surface area contributed by atoms with E-state index in [0.29, 0.717) is 0 Å². The fourth-order valence-electron chi connectivity index (χ4n) is 1.16. The molecule has 1 heterocycles. The van der Waals surface area contributed by atoms with Gasteiger partial charge in [-0.25, -0.2) is 0 Å². The number of hydrogen-bond donors (Lipinski definition) is 0. The monoisotopic (exact) mass is 190 g/mol. The zero-order valence-corrected chi connectivity index (χ0v) is 8.09. The van der Waals surface area contributed by atoms with Crippen LogP contribution in [0.2, 0.25) is 0 Å². The Morgan fingerprint density at radius 1 is 1.58 bits per heavy atom. The Morgan fingerprint density at radius 3 is 3.00 bits per heavy atom. The molecule has 0 aromatic rings. The molecule has 12 heavy (non-hydrogen) atoms. The van der Waals surface area contributed by atoms with Crippen molar-refractivity contribution < 1.29 is 9.47 Å². The highest BCUT2D eigenvalue weighted by molar-refractivity contribution is 6.20. The second kappa shape index (κ2) is 5.57. The average Bonchev–Trinajstić information content (AvgIpc) is 2.06. The van der Waals surface area contributed by atoms with Gasteiger partial charge >= 0.3 is 0 Å². The molecule has 0 saturated carbocycles. The first-order valence-electron chi connectivity index (χ1n) is 4.37. The van der Waals surface area contributed by atoms with E-state index in [-0.39, 0.29) is 11.9 Å². The summed E-state index contributed by atoms with van der Waals surface area (Å²) in [6, 6.07) is 0. The van der Waals surface area contributed by atoms with Crippen molar-refractivity contribution in [3.63, 3.8) is 0 Å². The molecule has 1 saturated heterocycles. The van der Waals surface area contributed by atoms with Crippen molar-refractivity contribution in [2.45, 2.75) is 38.0 Å². The van der Waals surface area contributed by atoms with E-state index in [0.717, 1.165) is 19.4 Å². The molecule has 1 aliphatic rings. The highest BCUT2D eigenvalue weighted by atomic mass is 35.5. The van der Waals surface area contributed by atoms with Gasteiger partial charge in [0.2, 0.25) is 0 Å². The summed E-state index contributed by atoms with van der Waals surface area (Å²) in [6.45, 7) is 2.71. The zero-order chi connectivity index (χ0) is 8.81. The molecule has 0 spiro atoms. The first kappa shape index (κ1) is 10.0. The standard InChI is InChI=1S/C9H15ClO2/c1-2-5-8(10)12-9-6-3-4-7-11-9/h2,5,8-9H,3-4,6-7H2,1H3/b5-2-. The molecular formula is C9H15ClO2. The van der Waals surface area contributed by atoms with Crippen molar-refractivity contribution in [1.29, 1.82) is 0 Å². The summed E-state index contributed by atoms with van der Waals surface area (Å²) in [5, 5.41) is 0. The number of alkyl halides is 1. The smallest absolute Gasteiger partial charge is 0.159 e. The van der Waals surface area contributed by atoms with Gasteiger partial charge in [-0.05, 0) is 32.3 Å². The maximum atomic E-state index is 5.83. The van der Waals surface area contributed by atoms with Crippen LogP contribution in [0.5, 0.6) is 0 Å². The Morgan fingerprint density at radius 2 is 2.42 bits per heavy atom. The first-order chi connectivity index (χ1) is 5.83. The zero-order valence-electron chi connectivity index (χ0n) is 7.33. The Balaban J connectivity index is 2.19. The molecule has 0 N–H and O–H groups in total. The van der Waals surface area contributed by atoms with E-state index < -0.39 is 0 Å². The molecule has 2 nitrogen and oxygen atoms in total. The fourth-order valence-corrected chi connectivity index (χ4v) is 1.42. The van der Waals surface area contributed by atoms with E-state index in [1.807, 2.05) is 13.0 Å². The van der Waals surface area contributed by atoms with Crippen LogP contribution in [0, 0.1) is 0 Å². The number of allylic oxidation sites excluding steroid dienone is 1. The van der Waals surface area contributed by atoms with Crippen LogP contribution in [0.4, 0.5) is 0 Å². The predicted octanol–water partition coefficient (Wildman–Crippen LogP) is 2.67. The molecule has 2 atom stereocenters. The highest BCUT2D eigenvalue weighted by Gasteiger charge is 2.16. The normalized spacial score (nSPS) is 27.7. The Bertz CT molecular complexity index is 141. The number of ether oxygens (including phenoxy) is 2. The Hall–Kier alpha value is -0.0500. The Kier molecular flexibility index (Phi) is 4.66. The van der Waals surface area contributed by atoms with Gasteiger partial charge in [-0.3, -0.25) is 0 Å². The number of halogens is 1. The summed E-state index contributed by atoms with van der Waals surface area (Å²) in [5.74, 6) is 0. The van der Waals surface area contributed by atoms with E-state index in [9.17, 15) is 0 Å². The lowest BCUT2D eigenvalue weighted by Crippen LogP contribution is -2.24. The van der Waals surface area contributed by atoms with Crippen LogP contribution in [0.25, 0.3) is 0 Å². The van der Waals surface area contributed by atoms with Gasteiger partial charge in [0.15, 0.2) is 11.9 Å². The van der Waals surface area contributed by atoms with Gasteiger partial charge in [-0.15, -0.1) is 0 Å². The quantitative estimate of drug-likeness (QED) is 0.503. The molecule has 1 rings (SSSR count). The maximum Gasteiger partial charge on any atom is 0.159 e. The van der Waals surface area contributed by atoms with Crippen molar-refractivity contribution in [2.24, 2.45) is 0 Å². The van der Waals surface area contributed by atoms with Crippen LogP contribution < -0.4 is 0 Å². The summed E-state index contributed by atoms with van der Waals surface area (Å²) < 4.78 is 10.7. The minimum atomic E-state index is -0.349. The largest absolute Gasteiger partial charge is 0.353 e. The van der Waals surface area contributed by atoms with Crippen molar-refractivity contribution >= 4 is 11.6 Å². The summed E-state index contributed by atoms with van der Waals surface area (Å²) >= 11 is 5.83. The second-order valence-corrected chi connectivity index (χ2v) is 3.24. The van der Waals surface area contributed by atoms with Crippen molar-refractivity contribution in [3.05, 3.63) is 12.2 Å². The molecular weight excluding hydrogens is 176 g/mol. The van der Waals surface area contributed by atoms with Gasteiger partial charge in [0, 0.05) is 6.61 Å².